The van der Waals surface area contributed by atoms with Gasteiger partial charge in [-0.2, -0.15) is 0 Å². The molecule has 0 aromatic carbocycles. The lowest BCUT2D eigenvalue weighted by atomic mass is 10.00. The first kappa shape index (κ1) is 24.2. The molecule has 0 spiro atoms. The third-order valence-corrected chi connectivity index (χ3v) is 4.90. The van der Waals surface area contributed by atoms with Crippen molar-refractivity contribution < 1.29 is 9.59 Å². The van der Waals surface area contributed by atoms with Gasteiger partial charge in [0.2, 0.25) is 0 Å². The fourth-order valence-electron chi connectivity index (χ4n) is 3.20. The van der Waals surface area contributed by atoms with Crippen LogP contribution in [-0.2, 0) is 9.59 Å². The van der Waals surface area contributed by atoms with Crippen LogP contribution in [0.2, 0.25) is 0 Å². The highest BCUT2D eigenvalue weighted by atomic mass is 16.1. The minimum absolute atomic E-state index is 0.283. The summed E-state index contributed by atoms with van der Waals surface area (Å²) in [6.07, 6.45) is 4.38. The number of aryl methyl sites for hydroxylation is 1. The number of pyridine rings is 1. The average molecular weight is 364 g/mol. The monoisotopic (exact) mass is 363 g/mol. The van der Waals surface area contributed by atoms with E-state index in [4.69, 9.17) is 4.79 Å². The molecule has 1 aliphatic rings. The van der Waals surface area contributed by atoms with Crippen LogP contribution >= 0.6 is 0 Å². The van der Waals surface area contributed by atoms with Crippen molar-refractivity contribution >= 4 is 18.3 Å². The van der Waals surface area contributed by atoms with Crippen LogP contribution < -0.4 is 5.32 Å². The van der Waals surface area contributed by atoms with E-state index in [0.717, 1.165) is 30.3 Å². The maximum atomic E-state index is 10.8. The zero-order chi connectivity index (χ0) is 20.3. The predicted molar refractivity (Wildman–Crippen MR) is 110 cm³/mol. The van der Waals surface area contributed by atoms with Crippen LogP contribution in [0.25, 0.3) is 0 Å². The number of carbonyl (C=O) groups excluding carboxylic acids is 2. The van der Waals surface area contributed by atoms with Crippen molar-refractivity contribution in [2.75, 3.05) is 25.5 Å². The molecule has 0 aliphatic carbocycles. The first-order chi connectivity index (χ1) is 12.3. The Bertz CT molecular complexity index is 548. The number of rotatable bonds is 5. The highest BCUT2D eigenvalue weighted by molar-refractivity contribution is 5.77. The van der Waals surface area contributed by atoms with Crippen molar-refractivity contribution in [2.45, 2.75) is 66.3 Å². The molecule has 1 aromatic heterocycles. The fraction of sp³-hybridized carbons (Fsp3) is 0.667. The van der Waals surface area contributed by atoms with E-state index in [1.54, 1.807) is 6.92 Å². The molecule has 3 atom stereocenters. The molecule has 0 radical (unpaired) electrons. The summed E-state index contributed by atoms with van der Waals surface area (Å²) in [7, 11) is 1.93. The molecule has 1 N–H and O–H groups in total. The minimum Gasteiger partial charge on any atom is -0.387 e. The summed E-state index contributed by atoms with van der Waals surface area (Å²) >= 11 is 0. The van der Waals surface area contributed by atoms with Crippen molar-refractivity contribution in [2.24, 2.45) is 5.92 Å². The summed E-state index contributed by atoms with van der Waals surface area (Å²) in [5.74, 6) is 1.65. The van der Waals surface area contributed by atoms with Crippen molar-refractivity contribution in [1.29, 1.82) is 0 Å². The zero-order valence-electron chi connectivity index (χ0n) is 17.6. The number of hydrogen-bond donors (Lipinski definition) is 1. The van der Waals surface area contributed by atoms with Gasteiger partial charge in [-0.25, -0.2) is 0 Å². The third kappa shape index (κ3) is 8.09. The lowest BCUT2D eigenvalue weighted by Crippen LogP contribution is -2.31. The number of hydrogen-bond acceptors (Lipinski definition) is 5. The Kier molecular flexibility index (Phi) is 11.7. The number of likely N-dealkylation sites (tertiary alicyclic amines) is 1. The zero-order valence-corrected chi connectivity index (χ0v) is 17.6. The van der Waals surface area contributed by atoms with E-state index in [0.29, 0.717) is 18.5 Å². The smallest absolute Gasteiger partial charge is 0.143 e. The molecule has 1 aliphatic heterocycles. The van der Waals surface area contributed by atoms with Gasteiger partial charge in [0.1, 0.15) is 12.6 Å². The number of nitrogens with one attached hydrogen (secondary N) is 1. The summed E-state index contributed by atoms with van der Waals surface area (Å²) in [5.41, 5.74) is 3.52. The Balaban J connectivity index is 0.000000444. The average Bonchev–Trinajstić information content (AvgIpc) is 2.93. The van der Waals surface area contributed by atoms with E-state index in [2.05, 4.69) is 49.0 Å². The molecule has 1 aromatic rings. The summed E-state index contributed by atoms with van der Waals surface area (Å²) < 4.78 is 0. The molecule has 5 nitrogen and oxygen atoms in total. The topological polar surface area (TPSA) is 62.3 Å². The van der Waals surface area contributed by atoms with Gasteiger partial charge in [-0.05, 0) is 57.1 Å². The van der Waals surface area contributed by atoms with Crippen molar-refractivity contribution in [1.82, 2.24) is 9.88 Å². The Hall–Kier alpha value is -1.75. The SMILES string of the molecule is C=O.CC(=O)CN1CC(C)CC1C.CCC(C)c1cnc(C)c(NC)c1. The first-order valence-corrected chi connectivity index (χ1v) is 9.45. The first-order valence-electron chi connectivity index (χ1n) is 9.45. The summed E-state index contributed by atoms with van der Waals surface area (Å²) in [4.78, 5) is 25.4. The van der Waals surface area contributed by atoms with Crippen LogP contribution in [0.15, 0.2) is 12.3 Å². The lowest BCUT2D eigenvalue weighted by Gasteiger charge is -2.18. The molecule has 148 valence electrons. The largest absolute Gasteiger partial charge is 0.387 e. The third-order valence-electron chi connectivity index (χ3n) is 4.90. The number of carbonyl (C=O) groups is 2. The van der Waals surface area contributed by atoms with Crippen LogP contribution in [0.5, 0.6) is 0 Å². The van der Waals surface area contributed by atoms with Gasteiger partial charge in [0, 0.05) is 25.8 Å². The van der Waals surface area contributed by atoms with Gasteiger partial charge in [0.15, 0.2) is 0 Å². The molecule has 1 saturated heterocycles. The van der Waals surface area contributed by atoms with Crippen LogP contribution in [0.4, 0.5) is 5.69 Å². The number of aromatic nitrogens is 1. The summed E-state index contributed by atoms with van der Waals surface area (Å²) in [6, 6.07) is 2.80. The highest BCUT2D eigenvalue weighted by Crippen LogP contribution is 2.22. The lowest BCUT2D eigenvalue weighted by molar-refractivity contribution is -0.118. The summed E-state index contributed by atoms with van der Waals surface area (Å²) in [6.45, 7) is 16.3. The van der Waals surface area contributed by atoms with Crippen molar-refractivity contribution in [3.8, 4) is 0 Å². The maximum absolute atomic E-state index is 10.8. The Labute approximate surface area is 159 Å². The van der Waals surface area contributed by atoms with E-state index in [1.807, 2.05) is 27.0 Å². The molecule has 2 heterocycles. The van der Waals surface area contributed by atoms with Gasteiger partial charge in [0.25, 0.3) is 0 Å². The van der Waals surface area contributed by atoms with Gasteiger partial charge in [0.05, 0.1) is 17.9 Å². The molecular weight excluding hydrogens is 326 g/mol. The van der Waals surface area contributed by atoms with Gasteiger partial charge < -0.3 is 10.1 Å². The number of Topliss-reactive ketones (excluding diaryl/α,β-unsaturated/α-hetero) is 1. The Morgan fingerprint density at radius 2 is 2.04 bits per heavy atom. The predicted octanol–water partition coefficient (Wildman–Crippen LogP) is 4.07. The minimum atomic E-state index is 0.283. The van der Waals surface area contributed by atoms with E-state index in [9.17, 15) is 4.79 Å². The van der Waals surface area contributed by atoms with E-state index in [1.165, 1.54) is 12.0 Å². The van der Waals surface area contributed by atoms with E-state index in [-0.39, 0.29) is 5.78 Å². The summed E-state index contributed by atoms with van der Waals surface area (Å²) in [5, 5.41) is 3.15. The van der Waals surface area contributed by atoms with Gasteiger partial charge in [-0.15, -0.1) is 0 Å². The highest BCUT2D eigenvalue weighted by Gasteiger charge is 2.26. The Morgan fingerprint density at radius 3 is 2.46 bits per heavy atom. The number of nitrogens with zero attached hydrogens (tertiary/aromatic N) is 2. The van der Waals surface area contributed by atoms with Crippen LogP contribution in [-0.4, -0.2) is 48.6 Å². The van der Waals surface area contributed by atoms with Crippen LogP contribution in [0.1, 0.15) is 64.6 Å². The van der Waals surface area contributed by atoms with E-state index < -0.39 is 0 Å². The normalized spacial score (nSPS) is 20.3. The standard InChI is InChI=1S/C11H18N2.C9H17NO.CH2O/c1-5-8(2)10-6-11(12-4)9(3)13-7-10;1-7-4-8(2)10(5-7)6-9(3)11;1-2/h6-8,12H,5H2,1-4H3;7-8H,4-6H2,1-3H3;1H2. The molecule has 0 bridgehead atoms. The van der Waals surface area contributed by atoms with Crippen molar-refractivity contribution in [3.63, 3.8) is 0 Å². The van der Waals surface area contributed by atoms with Crippen LogP contribution in [0, 0.1) is 12.8 Å². The van der Waals surface area contributed by atoms with Gasteiger partial charge in [-0.3, -0.25) is 14.7 Å². The molecular formula is C21H37N3O2. The quantitative estimate of drug-likeness (QED) is 0.854. The molecule has 2 rings (SSSR count). The Morgan fingerprint density at radius 1 is 1.42 bits per heavy atom. The van der Waals surface area contributed by atoms with E-state index >= 15 is 0 Å². The fourth-order valence-corrected chi connectivity index (χ4v) is 3.20. The maximum Gasteiger partial charge on any atom is 0.143 e. The van der Waals surface area contributed by atoms with Crippen molar-refractivity contribution in [3.05, 3.63) is 23.5 Å². The molecule has 0 saturated carbocycles. The second-order valence-electron chi connectivity index (χ2n) is 7.28. The molecule has 26 heavy (non-hydrogen) atoms. The number of anilines is 1. The molecule has 5 heteroatoms. The molecule has 1 fully saturated rings. The van der Waals surface area contributed by atoms with Gasteiger partial charge >= 0.3 is 0 Å². The second-order valence-corrected chi connectivity index (χ2v) is 7.28. The second kappa shape index (κ2) is 12.6. The van der Waals surface area contributed by atoms with Crippen LogP contribution in [0.3, 0.4) is 0 Å². The molecule has 0 amide bonds. The molecule has 3 unspecified atom stereocenters. The number of ketones is 1. The van der Waals surface area contributed by atoms with Gasteiger partial charge in [-0.1, -0.05) is 20.8 Å².